The molecule has 0 aromatic rings. The van der Waals surface area contributed by atoms with Gasteiger partial charge in [0.1, 0.15) is 5.60 Å². The quantitative estimate of drug-likeness (QED) is 0.503. The van der Waals surface area contributed by atoms with Gasteiger partial charge in [-0.05, 0) is 27.2 Å². The Morgan fingerprint density at radius 2 is 1.50 bits per heavy atom. The van der Waals surface area contributed by atoms with E-state index in [2.05, 4.69) is 5.32 Å². The third-order valence-electron chi connectivity index (χ3n) is 2.49. The Morgan fingerprint density at radius 3 is 2.00 bits per heavy atom. The second-order valence-corrected chi connectivity index (χ2v) is 6.19. The molecule has 1 amide bonds. The van der Waals surface area contributed by atoms with E-state index in [0.29, 0.717) is 6.42 Å². The van der Waals surface area contributed by atoms with Crippen LogP contribution in [0.15, 0.2) is 0 Å². The molecule has 0 saturated carbocycles. The lowest BCUT2D eigenvalue weighted by molar-refractivity contribution is -0.184. The second kappa shape index (κ2) is 10.6. The molecule has 0 heterocycles. The minimum atomic E-state index is -0.994. The molecule has 0 aliphatic carbocycles. The smallest absolute Gasteiger partial charge is 0.408 e. The molecular weight excluding hydrogens is 318 g/mol. The molecule has 0 aliphatic heterocycles. The average Bonchev–Trinajstić information content (AvgIpc) is 2.41. The number of nitrogens with one attached hydrogen (secondary N) is 1. The maximum Gasteiger partial charge on any atom is 0.408 e. The summed E-state index contributed by atoms with van der Waals surface area (Å²) < 4.78 is 14.7. The summed E-state index contributed by atoms with van der Waals surface area (Å²) in [5.41, 5.74) is -0.651. The number of amides is 1. The molecule has 1 unspecified atom stereocenters. The molecule has 0 aromatic heterocycles. The first-order valence-electron chi connectivity index (χ1n) is 7.91. The highest BCUT2D eigenvalue weighted by atomic mass is 16.7. The predicted octanol–water partition coefficient (Wildman–Crippen LogP) is 2.09. The Kier molecular flexibility index (Phi) is 9.68. The molecule has 24 heavy (non-hydrogen) atoms. The van der Waals surface area contributed by atoms with Crippen LogP contribution in [0.2, 0.25) is 0 Å². The Bertz CT molecular complexity index is 454. The fourth-order valence-electron chi connectivity index (χ4n) is 1.53. The van der Waals surface area contributed by atoms with E-state index < -0.39 is 29.9 Å². The SMILES string of the molecule is CCCC(=O)OC(C)OC(=O)CCC(=O)CNC(=O)OC(C)(C)C. The van der Waals surface area contributed by atoms with Gasteiger partial charge in [0.2, 0.25) is 6.29 Å². The van der Waals surface area contributed by atoms with Gasteiger partial charge in [-0.2, -0.15) is 0 Å². The maximum absolute atomic E-state index is 11.6. The molecule has 1 N–H and O–H groups in total. The van der Waals surface area contributed by atoms with E-state index >= 15 is 0 Å². The van der Waals surface area contributed by atoms with Gasteiger partial charge in [-0.1, -0.05) is 6.92 Å². The van der Waals surface area contributed by atoms with Crippen molar-refractivity contribution in [2.24, 2.45) is 0 Å². The summed E-state index contributed by atoms with van der Waals surface area (Å²) in [4.78, 5) is 45.8. The minimum absolute atomic E-state index is 0.0930. The fourth-order valence-corrected chi connectivity index (χ4v) is 1.53. The van der Waals surface area contributed by atoms with Gasteiger partial charge in [-0.25, -0.2) is 4.79 Å². The zero-order valence-corrected chi connectivity index (χ0v) is 15.0. The number of carbonyl (C=O) groups excluding carboxylic acids is 4. The lowest BCUT2D eigenvalue weighted by Gasteiger charge is -2.19. The number of esters is 2. The molecule has 8 nitrogen and oxygen atoms in total. The van der Waals surface area contributed by atoms with Gasteiger partial charge in [0, 0.05) is 19.8 Å². The van der Waals surface area contributed by atoms with Crippen molar-refractivity contribution in [3.8, 4) is 0 Å². The van der Waals surface area contributed by atoms with Crippen LogP contribution >= 0.6 is 0 Å². The first-order chi connectivity index (χ1) is 11.0. The first-order valence-corrected chi connectivity index (χ1v) is 7.91. The molecule has 0 aliphatic rings. The van der Waals surface area contributed by atoms with Gasteiger partial charge in [-0.15, -0.1) is 0 Å². The van der Waals surface area contributed by atoms with Crippen molar-refractivity contribution in [1.82, 2.24) is 5.32 Å². The highest BCUT2D eigenvalue weighted by Gasteiger charge is 2.18. The van der Waals surface area contributed by atoms with Crippen LogP contribution in [0.1, 0.15) is 60.3 Å². The van der Waals surface area contributed by atoms with Crippen molar-refractivity contribution in [3.63, 3.8) is 0 Å². The minimum Gasteiger partial charge on any atom is -0.444 e. The van der Waals surface area contributed by atoms with Gasteiger partial charge in [0.05, 0.1) is 13.0 Å². The number of Topliss-reactive ketones (excluding diaryl/α,β-unsaturated/α-hetero) is 1. The van der Waals surface area contributed by atoms with E-state index in [0.717, 1.165) is 0 Å². The first kappa shape index (κ1) is 21.9. The van der Waals surface area contributed by atoms with Gasteiger partial charge < -0.3 is 19.5 Å². The summed E-state index contributed by atoms with van der Waals surface area (Å²) in [6.07, 6.45) is -1.06. The number of ether oxygens (including phenoxy) is 3. The maximum atomic E-state index is 11.6. The number of ketones is 1. The van der Waals surface area contributed by atoms with Crippen LogP contribution in [0.25, 0.3) is 0 Å². The van der Waals surface area contributed by atoms with E-state index in [1.807, 2.05) is 6.92 Å². The van der Waals surface area contributed by atoms with Crippen LogP contribution in [0.5, 0.6) is 0 Å². The zero-order valence-electron chi connectivity index (χ0n) is 15.0. The van der Waals surface area contributed by atoms with E-state index in [4.69, 9.17) is 14.2 Å². The van der Waals surface area contributed by atoms with Gasteiger partial charge in [0.15, 0.2) is 5.78 Å². The van der Waals surface area contributed by atoms with E-state index in [1.54, 1.807) is 20.8 Å². The molecule has 138 valence electrons. The molecule has 0 aromatic carbocycles. The number of hydrogen-bond acceptors (Lipinski definition) is 7. The molecule has 0 rings (SSSR count). The Labute approximate surface area is 142 Å². The van der Waals surface area contributed by atoms with Gasteiger partial charge in [-0.3, -0.25) is 14.4 Å². The standard InChI is InChI=1S/C16H27NO7/c1-6-7-13(19)22-11(2)23-14(20)9-8-12(18)10-17-15(21)24-16(3,4)5/h11H,6-10H2,1-5H3,(H,17,21). The monoisotopic (exact) mass is 345 g/mol. The van der Waals surface area contributed by atoms with Crippen molar-refractivity contribution in [3.05, 3.63) is 0 Å². The van der Waals surface area contributed by atoms with Crippen molar-refractivity contribution in [2.45, 2.75) is 72.2 Å². The summed E-state index contributed by atoms with van der Waals surface area (Å²) >= 11 is 0. The summed E-state index contributed by atoms with van der Waals surface area (Å²) in [7, 11) is 0. The van der Waals surface area contributed by atoms with Crippen molar-refractivity contribution in [1.29, 1.82) is 0 Å². The van der Waals surface area contributed by atoms with Gasteiger partial charge in [0.25, 0.3) is 0 Å². The van der Waals surface area contributed by atoms with Crippen molar-refractivity contribution >= 4 is 23.8 Å². The third kappa shape index (κ3) is 12.4. The van der Waals surface area contributed by atoms with Crippen molar-refractivity contribution in [2.75, 3.05) is 6.54 Å². The van der Waals surface area contributed by atoms with Crippen LogP contribution in [0.4, 0.5) is 4.79 Å². The molecule has 0 radical (unpaired) electrons. The molecule has 1 atom stereocenters. The number of alkyl carbamates (subject to hydrolysis) is 1. The summed E-state index contributed by atoms with van der Waals surface area (Å²) in [5.74, 6) is -1.44. The highest BCUT2D eigenvalue weighted by molar-refractivity contribution is 5.86. The average molecular weight is 345 g/mol. The van der Waals surface area contributed by atoms with Crippen LogP contribution in [-0.2, 0) is 28.6 Å². The lowest BCUT2D eigenvalue weighted by Crippen LogP contribution is -2.35. The second-order valence-electron chi connectivity index (χ2n) is 6.19. The fraction of sp³-hybridized carbons (Fsp3) is 0.750. The van der Waals surface area contributed by atoms with Crippen LogP contribution in [0.3, 0.4) is 0 Å². The van der Waals surface area contributed by atoms with E-state index in [-0.39, 0.29) is 31.6 Å². The Morgan fingerprint density at radius 1 is 0.958 bits per heavy atom. The summed E-state index contributed by atoms with van der Waals surface area (Å²) in [5, 5.41) is 2.31. The largest absolute Gasteiger partial charge is 0.444 e. The lowest BCUT2D eigenvalue weighted by atomic mass is 10.2. The topological polar surface area (TPSA) is 108 Å². The Balaban J connectivity index is 3.95. The zero-order chi connectivity index (χ0) is 18.8. The van der Waals surface area contributed by atoms with Crippen LogP contribution in [0, 0.1) is 0 Å². The molecule has 8 heteroatoms. The molecule has 0 fully saturated rings. The molecule has 0 bridgehead atoms. The molecule has 0 saturated heterocycles. The summed E-state index contributed by atoms with van der Waals surface area (Å²) in [6.45, 7) is 8.14. The molecule has 0 spiro atoms. The number of rotatable bonds is 9. The van der Waals surface area contributed by atoms with Gasteiger partial charge >= 0.3 is 18.0 Å². The molecular formula is C16H27NO7. The van der Waals surface area contributed by atoms with E-state index in [1.165, 1.54) is 6.92 Å². The number of hydrogen-bond donors (Lipinski definition) is 1. The Hall–Kier alpha value is -2.12. The normalized spacial score (nSPS) is 12.0. The summed E-state index contributed by atoms with van der Waals surface area (Å²) in [6, 6.07) is 0. The third-order valence-corrected chi connectivity index (χ3v) is 2.49. The van der Waals surface area contributed by atoms with E-state index in [9.17, 15) is 19.2 Å². The predicted molar refractivity (Wildman–Crippen MR) is 85.0 cm³/mol. The van der Waals surface area contributed by atoms with Crippen LogP contribution in [-0.4, -0.2) is 42.3 Å². The highest BCUT2D eigenvalue weighted by Crippen LogP contribution is 2.06. The number of carbonyl (C=O) groups is 4. The van der Waals surface area contributed by atoms with Crippen molar-refractivity contribution < 1.29 is 33.4 Å². The van der Waals surface area contributed by atoms with Crippen LogP contribution < -0.4 is 5.32 Å².